The molecule has 2 atom stereocenters. The zero-order valence-electron chi connectivity index (χ0n) is 11.8. The molecule has 17 heavy (non-hydrogen) atoms. The van der Waals surface area contributed by atoms with Gasteiger partial charge in [0.15, 0.2) is 0 Å². The highest BCUT2D eigenvalue weighted by Crippen LogP contribution is 2.38. The van der Waals surface area contributed by atoms with Crippen LogP contribution in [0.15, 0.2) is 0 Å². The van der Waals surface area contributed by atoms with Crippen molar-refractivity contribution in [1.82, 2.24) is 9.80 Å². The van der Waals surface area contributed by atoms with Crippen LogP contribution in [0.3, 0.4) is 0 Å². The van der Waals surface area contributed by atoms with Crippen LogP contribution in [0.2, 0.25) is 0 Å². The Morgan fingerprint density at radius 3 is 2.65 bits per heavy atom. The maximum absolute atomic E-state index is 6.41. The minimum Gasteiger partial charge on any atom is -0.324 e. The molecular formula is C14H29N3. The first kappa shape index (κ1) is 13.3. The Morgan fingerprint density at radius 1 is 1.35 bits per heavy atom. The fourth-order valence-electron chi connectivity index (χ4n) is 3.40. The lowest BCUT2D eigenvalue weighted by Crippen LogP contribution is -2.51. The summed E-state index contributed by atoms with van der Waals surface area (Å²) in [5.74, 6) is 0.774. The summed E-state index contributed by atoms with van der Waals surface area (Å²) in [6.07, 6.45) is 5.41. The van der Waals surface area contributed by atoms with Crippen LogP contribution in [-0.2, 0) is 0 Å². The number of hydrogen-bond donors (Lipinski definition) is 1. The Labute approximate surface area is 106 Å². The third-order valence-corrected chi connectivity index (χ3v) is 4.55. The Morgan fingerprint density at radius 2 is 2.06 bits per heavy atom. The van der Waals surface area contributed by atoms with E-state index in [0.717, 1.165) is 18.5 Å². The van der Waals surface area contributed by atoms with Gasteiger partial charge in [-0.1, -0.05) is 6.92 Å². The minimum absolute atomic E-state index is 0.0321. The van der Waals surface area contributed by atoms with Gasteiger partial charge in [0.25, 0.3) is 0 Å². The standard InChI is InChI=1S/C14H29N3/c1-4-17-9-5-6-13(17)10-16(3)11-14(2,15)12-7-8-12/h12-13H,4-11,15H2,1-3H3. The SMILES string of the molecule is CCN1CCCC1CN(C)CC(C)(N)C1CC1. The summed E-state index contributed by atoms with van der Waals surface area (Å²) in [6, 6.07) is 0.764. The molecule has 1 saturated heterocycles. The van der Waals surface area contributed by atoms with Gasteiger partial charge in [0, 0.05) is 24.7 Å². The van der Waals surface area contributed by atoms with Crippen molar-refractivity contribution in [2.45, 2.75) is 51.1 Å². The highest BCUT2D eigenvalue weighted by molar-refractivity contribution is 4.97. The predicted molar refractivity (Wildman–Crippen MR) is 73.1 cm³/mol. The molecule has 0 spiro atoms. The lowest BCUT2D eigenvalue weighted by atomic mass is 9.96. The van der Waals surface area contributed by atoms with Crippen molar-refractivity contribution < 1.29 is 0 Å². The number of likely N-dealkylation sites (tertiary alicyclic amines) is 1. The van der Waals surface area contributed by atoms with Crippen molar-refractivity contribution in [3.8, 4) is 0 Å². The third-order valence-electron chi connectivity index (χ3n) is 4.55. The number of nitrogens with two attached hydrogens (primary N) is 1. The molecular weight excluding hydrogens is 210 g/mol. The van der Waals surface area contributed by atoms with Crippen molar-refractivity contribution >= 4 is 0 Å². The van der Waals surface area contributed by atoms with Gasteiger partial charge in [-0.3, -0.25) is 4.90 Å². The molecule has 0 bridgehead atoms. The van der Waals surface area contributed by atoms with E-state index in [0.29, 0.717) is 0 Å². The van der Waals surface area contributed by atoms with Gasteiger partial charge in [0.05, 0.1) is 0 Å². The summed E-state index contributed by atoms with van der Waals surface area (Å²) < 4.78 is 0. The molecule has 2 N–H and O–H groups in total. The molecule has 2 unspecified atom stereocenters. The van der Waals surface area contributed by atoms with Crippen LogP contribution in [0.4, 0.5) is 0 Å². The second kappa shape index (κ2) is 5.25. The zero-order chi connectivity index (χ0) is 12.5. The molecule has 2 rings (SSSR count). The maximum atomic E-state index is 6.41. The molecule has 3 heteroatoms. The van der Waals surface area contributed by atoms with Crippen LogP contribution in [0.5, 0.6) is 0 Å². The second-order valence-corrected chi connectivity index (χ2v) is 6.40. The molecule has 1 saturated carbocycles. The monoisotopic (exact) mass is 239 g/mol. The van der Waals surface area contributed by atoms with Crippen molar-refractivity contribution in [3.63, 3.8) is 0 Å². The molecule has 1 aliphatic heterocycles. The molecule has 0 aromatic heterocycles. The minimum atomic E-state index is 0.0321. The van der Waals surface area contributed by atoms with E-state index in [2.05, 4.69) is 30.7 Å². The summed E-state index contributed by atoms with van der Waals surface area (Å²) in [6.45, 7) is 9.22. The summed E-state index contributed by atoms with van der Waals surface area (Å²) in [7, 11) is 2.24. The summed E-state index contributed by atoms with van der Waals surface area (Å²) in [5.41, 5.74) is 6.44. The third kappa shape index (κ3) is 3.43. The van der Waals surface area contributed by atoms with Crippen LogP contribution in [0.25, 0.3) is 0 Å². The van der Waals surface area contributed by atoms with E-state index >= 15 is 0 Å². The van der Waals surface area contributed by atoms with E-state index in [9.17, 15) is 0 Å². The first-order valence-corrected chi connectivity index (χ1v) is 7.24. The molecule has 2 fully saturated rings. The first-order valence-electron chi connectivity index (χ1n) is 7.24. The van der Waals surface area contributed by atoms with E-state index < -0.39 is 0 Å². The van der Waals surface area contributed by atoms with Crippen LogP contribution in [0, 0.1) is 5.92 Å². The van der Waals surface area contributed by atoms with E-state index in [1.807, 2.05) is 0 Å². The zero-order valence-corrected chi connectivity index (χ0v) is 11.8. The van der Waals surface area contributed by atoms with E-state index in [-0.39, 0.29) is 5.54 Å². The lowest BCUT2D eigenvalue weighted by Gasteiger charge is -2.33. The van der Waals surface area contributed by atoms with E-state index in [1.165, 1.54) is 45.3 Å². The molecule has 3 nitrogen and oxygen atoms in total. The normalized spacial score (nSPS) is 29.8. The lowest BCUT2D eigenvalue weighted by molar-refractivity contribution is 0.170. The summed E-state index contributed by atoms with van der Waals surface area (Å²) in [4.78, 5) is 5.07. The topological polar surface area (TPSA) is 32.5 Å². The first-order chi connectivity index (χ1) is 8.03. The van der Waals surface area contributed by atoms with Crippen molar-refractivity contribution in [2.75, 3.05) is 33.2 Å². The van der Waals surface area contributed by atoms with Gasteiger partial charge in [-0.05, 0) is 58.7 Å². The molecule has 0 aromatic rings. The fraction of sp³-hybridized carbons (Fsp3) is 1.00. The Balaban J connectivity index is 1.78. The number of rotatable bonds is 6. The molecule has 2 aliphatic rings. The molecule has 0 radical (unpaired) electrons. The molecule has 1 aliphatic carbocycles. The second-order valence-electron chi connectivity index (χ2n) is 6.40. The molecule has 0 aromatic carbocycles. The quantitative estimate of drug-likeness (QED) is 0.763. The van der Waals surface area contributed by atoms with Crippen molar-refractivity contribution in [2.24, 2.45) is 11.7 Å². The molecule has 0 amide bonds. The highest BCUT2D eigenvalue weighted by atomic mass is 15.2. The van der Waals surface area contributed by atoms with Gasteiger partial charge in [0.1, 0.15) is 0 Å². The van der Waals surface area contributed by atoms with Gasteiger partial charge in [-0.25, -0.2) is 0 Å². The largest absolute Gasteiger partial charge is 0.324 e. The Bertz CT molecular complexity index is 248. The van der Waals surface area contributed by atoms with Gasteiger partial charge >= 0.3 is 0 Å². The molecule has 100 valence electrons. The number of nitrogens with zero attached hydrogens (tertiary/aromatic N) is 2. The van der Waals surface area contributed by atoms with Crippen LogP contribution >= 0.6 is 0 Å². The highest BCUT2D eigenvalue weighted by Gasteiger charge is 2.39. The summed E-state index contributed by atoms with van der Waals surface area (Å²) in [5, 5.41) is 0. The van der Waals surface area contributed by atoms with Crippen molar-refractivity contribution in [3.05, 3.63) is 0 Å². The average Bonchev–Trinajstić information content (AvgIpc) is 3.01. The number of likely N-dealkylation sites (N-methyl/N-ethyl adjacent to an activating group) is 2. The average molecular weight is 239 g/mol. The van der Waals surface area contributed by atoms with Crippen LogP contribution in [0.1, 0.15) is 39.5 Å². The Kier molecular flexibility index (Phi) is 4.11. The van der Waals surface area contributed by atoms with Gasteiger partial charge in [-0.15, -0.1) is 0 Å². The maximum Gasteiger partial charge on any atom is 0.0283 e. The number of hydrogen-bond acceptors (Lipinski definition) is 3. The van der Waals surface area contributed by atoms with Gasteiger partial charge < -0.3 is 10.6 Å². The fourth-order valence-corrected chi connectivity index (χ4v) is 3.40. The molecule has 1 heterocycles. The Hall–Kier alpha value is -0.120. The van der Waals surface area contributed by atoms with E-state index in [1.54, 1.807) is 0 Å². The van der Waals surface area contributed by atoms with E-state index in [4.69, 9.17) is 5.73 Å². The van der Waals surface area contributed by atoms with Crippen LogP contribution < -0.4 is 5.73 Å². The predicted octanol–water partition coefficient (Wildman–Crippen LogP) is 1.53. The smallest absolute Gasteiger partial charge is 0.0283 e. The van der Waals surface area contributed by atoms with Crippen molar-refractivity contribution in [1.29, 1.82) is 0 Å². The van der Waals surface area contributed by atoms with Gasteiger partial charge in [-0.2, -0.15) is 0 Å². The summed E-state index contributed by atoms with van der Waals surface area (Å²) >= 11 is 0. The van der Waals surface area contributed by atoms with Crippen LogP contribution in [-0.4, -0.2) is 54.6 Å². The van der Waals surface area contributed by atoms with Gasteiger partial charge in [0.2, 0.25) is 0 Å².